The van der Waals surface area contributed by atoms with Crippen molar-refractivity contribution in [2.75, 3.05) is 19.7 Å². The van der Waals surface area contributed by atoms with Gasteiger partial charge >= 0.3 is 0 Å². The smallest absolute Gasteiger partial charge is 0.246 e. The van der Waals surface area contributed by atoms with Gasteiger partial charge in [0.2, 0.25) is 15.9 Å². The monoisotopic (exact) mass is 462 g/mol. The number of piperidine rings is 1. The van der Waals surface area contributed by atoms with Crippen molar-refractivity contribution in [3.8, 4) is 5.75 Å². The van der Waals surface area contributed by atoms with Gasteiger partial charge in [-0.2, -0.15) is 9.40 Å². The van der Waals surface area contributed by atoms with Crippen LogP contribution in [0.4, 0.5) is 0 Å². The lowest BCUT2D eigenvalue weighted by Crippen LogP contribution is -2.38. The van der Waals surface area contributed by atoms with Crippen LogP contribution < -0.4 is 10.1 Å². The van der Waals surface area contributed by atoms with E-state index in [9.17, 15) is 13.2 Å². The predicted octanol–water partition coefficient (Wildman–Crippen LogP) is 3.03. The first-order valence-electron chi connectivity index (χ1n) is 11.2. The Morgan fingerprint density at radius 1 is 1.19 bits per heavy atom. The molecule has 32 heavy (non-hydrogen) atoms. The van der Waals surface area contributed by atoms with Crippen molar-refractivity contribution in [2.45, 2.75) is 64.9 Å². The number of amides is 1. The lowest BCUT2D eigenvalue weighted by Gasteiger charge is -2.29. The summed E-state index contributed by atoms with van der Waals surface area (Å²) in [5.74, 6) is 1.24. The first kappa shape index (κ1) is 24.3. The third kappa shape index (κ3) is 5.69. The van der Waals surface area contributed by atoms with E-state index in [1.54, 1.807) is 22.8 Å². The van der Waals surface area contributed by atoms with Crippen LogP contribution in [0.15, 0.2) is 29.2 Å². The number of sulfonamides is 1. The Morgan fingerprint density at radius 2 is 1.84 bits per heavy atom. The molecule has 1 fully saturated rings. The number of aromatic nitrogens is 2. The van der Waals surface area contributed by atoms with Crippen molar-refractivity contribution in [2.24, 2.45) is 5.92 Å². The Balaban J connectivity index is 1.58. The fourth-order valence-corrected chi connectivity index (χ4v) is 5.84. The minimum atomic E-state index is -3.58. The van der Waals surface area contributed by atoms with Gasteiger partial charge in [-0.25, -0.2) is 8.42 Å². The number of benzene rings is 1. The molecule has 0 aliphatic carbocycles. The summed E-state index contributed by atoms with van der Waals surface area (Å²) in [5, 5.41) is 7.32. The quantitative estimate of drug-likeness (QED) is 0.618. The highest BCUT2D eigenvalue weighted by Gasteiger charge is 2.32. The van der Waals surface area contributed by atoms with Crippen LogP contribution in [0.2, 0.25) is 0 Å². The summed E-state index contributed by atoms with van der Waals surface area (Å²) >= 11 is 0. The van der Waals surface area contributed by atoms with Gasteiger partial charge in [0.15, 0.2) is 0 Å². The summed E-state index contributed by atoms with van der Waals surface area (Å²) < 4.78 is 35.0. The van der Waals surface area contributed by atoms with Crippen LogP contribution in [0, 0.1) is 19.8 Å². The molecule has 2 heterocycles. The summed E-state index contributed by atoms with van der Waals surface area (Å²) in [7, 11) is -3.58. The number of aryl methyl sites for hydroxylation is 2. The zero-order chi connectivity index (χ0) is 23.3. The van der Waals surface area contributed by atoms with E-state index in [0.29, 0.717) is 50.1 Å². The number of carbonyl (C=O) groups excluding carboxylic acids is 1. The second-order valence-electron chi connectivity index (χ2n) is 8.41. The second-order valence-corrected chi connectivity index (χ2v) is 10.3. The third-order valence-electron chi connectivity index (χ3n) is 5.93. The summed E-state index contributed by atoms with van der Waals surface area (Å²) in [6, 6.07) is 7.60. The minimum Gasteiger partial charge on any atom is -0.494 e. The lowest BCUT2D eigenvalue weighted by molar-refractivity contribution is -0.121. The number of nitrogens with one attached hydrogen (secondary N) is 1. The summed E-state index contributed by atoms with van der Waals surface area (Å²) in [6.07, 6.45) is 1.97. The van der Waals surface area contributed by atoms with Crippen molar-refractivity contribution < 1.29 is 17.9 Å². The highest BCUT2D eigenvalue weighted by molar-refractivity contribution is 7.89. The van der Waals surface area contributed by atoms with Gasteiger partial charge in [-0.15, -0.1) is 0 Å². The molecule has 3 rings (SSSR count). The second kappa shape index (κ2) is 10.5. The topological polar surface area (TPSA) is 93.5 Å². The molecule has 0 unspecified atom stereocenters. The highest BCUT2D eigenvalue weighted by Crippen LogP contribution is 2.27. The highest BCUT2D eigenvalue weighted by atomic mass is 32.2. The van der Waals surface area contributed by atoms with E-state index < -0.39 is 10.0 Å². The van der Waals surface area contributed by atoms with E-state index in [1.807, 2.05) is 31.2 Å². The summed E-state index contributed by atoms with van der Waals surface area (Å²) in [5.41, 5.74) is 2.05. The van der Waals surface area contributed by atoms with Gasteiger partial charge in [0.25, 0.3) is 0 Å². The van der Waals surface area contributed by atoms with Crippen LogP contribution in [0.3, 0.4) is 0 Å². The molecule has 1 saturated heterocycles. The van der Waals surface area contributed by atoms with Crippen molar-refractivity contribution in [3.63, 3.8) is 0 Å². The molecule has 1 aliphatic heterocycles. The molecule has 0 bridgehead atoms. The van der Waals surface area contributed by atoms with Gasteiger partial charge in [0, 0.05) is 26.1 Å². The molecule has 1 aliphatic rings. The number of carbonyl (C=O) groups is 1. The van der Waals surface area contributed by atoms with Crippen LogP contribution in [-0.4, -0.2) is 48.1 Å². The Kier molecular flexibility index (Phi) is 7.95. The van der Waals surface area contributed by atoms with Crippen molar-refractivity contribution >= 4 is 15.9 Å². The molecule has 1 amide bonds. The minimum absolute atomic E-state index is 0.110. The predicted molar refractivity (Wildman–Crippen MR) is 123 cm³/mol. The molecule has 1 aromatic carbocycles. The maximum atomic E-state index is 13.2. The van der Waals surface area contributed by atoms with Crippen LogP contribution >= 0.6 is 0 Å². The molecular weight excluding hydrogens is 428 g/mol. The molecule has 0 saturated carbocycles. The van der Waals surface area contributed by atoms with E-state index >= 15 is 0 Å². The van der Waals surface area contributed by atoms with Crippen molar-refractivity contribution in [1.82, 2.24) is 19.4 Å². The average Bonchev–Trinajstić information content (AvgIpc) is 3.06. The lowest BCUT2D eigenvalue weighted by atomic mass is 10.0. The number of hydrogen-bond acceptors (Lipinski definition) is 5. The summed E-state index contributed by atoms with van der Waals surface area (Å²) in [6.45, 7) is 10.0. The Bertz CT molecular complexity index is 1020. The molecule has 1 N–H and O–H groups in total. The first-order valence-corrected chi connectivity index (χ1v) is 12.7. The van der Waals surface area contributed by atoms with Gasteiger partial charge in [-0.05, 0) is 57.2 Å². The van der Waals surface area contributed by atoms with Gasteiger partial charge in [0.05, 0.1) is 24.5 Å². The van der Waals surface area contributed by atoms with E-state index in [4.69, 9.17) is 4.74 Å². The molecule has 1 aromatic heterocycles. The SMILES string of the molecule is CCOc1ccc(CNC(=O)CCn2nc(C)c(S(=O)(=O)N3CCC(C)CC3)c2C)cc1. The normalized spacial score (nSPS) is 15.6. The third-order valence-corrected chi connectivity index (χ3v) is 8.08. The molecule has 9 heteroatoms. The fraction of sp³-hybridized carbons (Fsp3) is 0.565. The van der Waals surface area contributed by atoms with Crippen LogP contribution in [0.1, 0.15) is 50.1 Å². The average molecular weight is 463 g/mol. The number of hydrogen-bond donors (Lipinski definition) is 1. The standard InChI is InChI=1S/C23H34N4O4S/c1-5-31-21-8-6-20(7-9-21)16-24-22(28)12-15-27-19(4)23(18(3)25-27)32(29,30)26-13-10-17(2)11-14-26/h6-9,17H,5,10-16H2,1-4H3,(H,24,28). The largest absolute Gasteiger partial charge is 0.494 e. The molecular formula is C23H34N4O4S. The Hall–Kier alpha value is -2.39. The Labute approximate surface area is 191 Å². The molecule has 0 radical (unpaired) electrons. The van der Waals surface area contributed by atoms with Gasteiger partial charge < -0.3 is 10.1 Å². The van der Waals surface area contributed by atoms with Gasteiger partial charge in [-0.1, -0.05) is 19.1 Å². The van der Waals surface area contributed by atoms with Crippen LogP contribution in [0.25, 0.3) is 0 Å². The molecule has 0 spiro atoms. The Morgan fingerprint density at radius 3 is 2.47 bits per heavy atom. The maximum absolute atomic E-state index is 13.2. The van der Waals surface area contributed by atoms with Crippen molar-refractivity contribution in [3.05, 3.63) is 41.2 Å². The van der Waals surface area contributed by atoms with E-state index in [1.165, 1.54) is 0 Å². The molecule has 0 atom stereocenters. The van der Waals surface area contributed by atoms with Crippen LogP contribution in [0.5, 0.6) is 5.75 Å². The van der Waals surface area contributed by atoms with Crippen LogP contribution in [-0.2, 0) is 27.9 Å². The molecule has 8 nitrogen and oxygen atoms in total. The number of rotatable bonds is 9. The number of nitrogens with zero attached hydrogens (tertiary/aromatic N) is 3. The zero-order valence-corrected chi connectivity index (χ0v) is 20.2. The molecule has 176 valence electrons. The van der Waals surface area contributed by atoms with E-state index in [-0.39, 0.29) is 17.2 Å². The zero-order valence-electron chi connectivity index (χ0n) is 19.4. The molecule has 2 aromatic rings. The van der Waals surface area contributed by atoms with Gasteiger partial charge in [-0.3, -0.25) is 9.48 Å². The number of ether oxygens (including phenoxy) is 1. The van der Waals surface area contributed by atoms with E-state index in [0.717, 1.165) is 24.2 Å². The first-order chi connectivity index (χ1) is 15.2. The summed E-state index contributed by atoms with van der Waals surface area (Å²) in [4.78, 5) is 12.6. The van der Waals surface area contributed by atoms with Gasteiger partial charge in [0.1, 0.15) is 10.6 Å². The van der Waals surface area contributed by atoms with Crippen molar-refractivity contribution in [1.29, 1.82) is 0 Å². The van der Waals surface area contributed by atoms with E-state index in [2.05, 4.69) is 17.3 Å². The maximum Gasteiger partial charge on any atom is 0.246 e. The fourth-order valence-electron chi connectivity index (χ4n) is 3.99.